The summed E-state index contributed by atoms with van der Waals surface area (Å²) in [6.07, 6.45) is 8.41. The quantitative estimate of drug-likeness (QED) is 0.817. The van der Waals surface area contributed by atoms with Gasteiger partial charge in [0.25, 0.3) is 0 Å². The molecular weight excluding hydrogens is 214 g/mol. The predicted octanol–water partition coefficient (Wildman–Crippen LogP) is 2.13. The van der Waals surface area contributed by atoms with E-state index >= 15 is 0 Å². The van der Waals surface area contributed by atoms with E-state index in [9.17, 15) is 9.90 Å². The maximum absolute atomic E-state index is 11.2. The Morgan fingerprint density at radius 2 is 2.00 bits per heavy atom. The van der Waals surface area contributed by atoms with Crippen LogP contribution in [0.5, 0.6) is 0 Å². The lowest BCUT2D eigenvalue weighted by Crippen LogP contribution is -2.46. The molecule has 0 amide bonds. The van der Waals surface area contributed by atoms with E-state index in [4.69, 9.17) is 0 Å². The molecule has 2 fully saturated rings. The van der Waals surface area contributed by atoms with Crippen LogP contribution < -0.4 is 0 Å². The SMILES string of the molecule is CC(=O)CC1CCCN1CC1(O)CCCCC1. The predicted molar refractivity (Wildman–Crippen MR) is 67.9 cm³/mol. The Bertz CT molecular complexity index is 271. The van der Waals surface area contributed by atoms with Crippen molar-refractivity contribution in [1.29, 1.82) is 0 Å². The van der Waals surface area contributed by atoms with Crippen molar-refractivity contribution in [3.63, 3.8) is 0 Å². The largest absolute Gasteiger partial charge is 0.389 e. The third-order valence-corrected chi connectivity index (χ3v) is 4.30. The molecule has 98 valence electrons. The molecule has 2 rings (SSSR count). The van der Waals surface area contributed by atoms with Crippen LogP contribution in [0.15, 0.2) is 0 Å². The summed E-state index contributed by atoms with van der Waals surface area (Å²) in [6.45, 7) is 3.51. The Labute approximate surface area is 104 Å². The number of carbonyl (C=O) groups excluding carboxylic acids is 1. The lowest BCUT2D eigenvalue weighted by molar-refractivity contribution is -0.118. The first-order valence-corrected chi connectivity index (χ1v) is 7.05. The topological polar surface area (TPSA) is 40.5 Å². The molecular formula is C14H25NO2. The normalized spacial score (nSPS) is 29.4. The Morgan fingerprint density at radius 1 is 1.29 bits per heavy atom. The van der Waals surface area contributed by atoms with E-state index < -0.39 is 5.60 Å². The van der Waals surface area contributed by atoms with Crippen molar-refractivity contribution >= 4 is 5.78 Å². The fourth-order valence-electron chi connectivity index (χ4n) is 3.41. The van der Waals surface area contributed by atoms with Crippen LogP contribution >= 0.6 is 0 Å². The van der Waals surface area contributed by atoms with Crippen molar-refractivity contribution in [2.45, 2.75) is 69.9 Å². The number of ketones is 1. The summed E-state index contributed by atoms with van der Waals surface area (Å²) in [5, 5.41) is 10.6. The van der Waals surface area contributed by atoms with Gasteiger partial charge in [-0.1, -0.05) is 19.3 Å². The average Bonchev–Trinajstić information content (AvgIpc) is 2.65. The zero-order valence-electron chi connectivity index (χ0n) is 11.0. The Kier molecular flexibility index (Phi) is 4.21. The molecule has 1 heterocycles. The van der Waals surface area contributed by atoms with E-state index in [-0.39, 0.29) is 5.78 Å². The number of hydrogen-bond donors (Lipinski definition) is 1. The molecule has 2 aliphatic rings. The monoisotopic (exact) mass is 239 g/mol. The minimum Gasteiger partial charge on any atom is -0.389 e. The van der Waals surface area contributed by atoms with Gasteiger partial charge in [0.2, 0.25) is 0 Å². The molecule has 1 aliphatic carbocycles. The van der Waals surface area contributed by atoms with Gasteiger partial charge in [0.15, 0.2) is 0 Å². The second kappa shape index (κ2) is 5.49. The lowest BCUT2D eigenvalue weighted by atomic mass is 9.84. The van der Waals surface area contributed by atoms with E-state index in [0.29, 0.717) is 12.5 Å². The molecule has 3 heteroatoms. The minimum atomic E-state index is -0.475. The van der Waals surface area contributed by atoms with Crippen molar-refractivity contribution in [3.05, 3.63) is 0 Å². The summed E-state index contributed by atoms with van der Waals surface area (Å²) in [4.78, 5) is 13.6. The Balaban J connectivity index is 1.90. The van der Waals surface area contributed by atoms with Gasteiger partial charge >= 0.3 is 0 Å². The van der Waals surface area contributed by atoms with Crippen LogP contribution in [0.4, 0.5) is 0 Å². The molecule has 3 nitrogen and oxygen atoms in total. The van der Waals surface area contributed by atoms with Crippen LogP contribution in [-0.2, 0) is 4.79 Å². The average molecular weight is 239 g/mol. The summed E-state index contributed by atoms with van der Waals surface area (Å²) < 4.78 is 0. The third-order valence-electron chi connectivity index (χ3n) is 4.30. The molecule has 1 saturated heterocycles. The molecule has 0 aromatic heterocycles. The van der Waals surface area contributed by atoms with E-state index in [1.54, 1.807) is 6.92 Å². The zero-order chi connectivity index (χ0) is 12.3. The van der Waals surface area contributed by atoms with Crippen LogP contribution in [0.25, 0.3) is 0 Å². The summed E-state index contributed by atoms with van der Waals surface area (Å²) >= 11 is 0. The molecule has 0 aromatic rings. The molecule has 0 bridgehead atoms. The third kappa shape index (κ3) is 3.52. The van der Waals surface area contributed by atoms with Crippen molar-refractivity contribution in [3.8, 4) is 0 Å². The zero-order valence-corrected chi connectivity index (χ0v) is 11.0. The molecule has 1 atom stereocenters. The summed E-state index contributed by atoms with van der Waals surface area (Å²) in [6, 6.07) is 0.387. The van der Waals surface area contributed by atoms with Crippen molar-refractivity contribution in [2.75, 3.05) is 13.1 Å². The second-order valence-corrected chi connectivity index (χ2v) is 5.96. The Morgan fingerprint density at radius 3 is 2.65 bits per heavy atom. The van der Waals surface area contributed by atoms with Gasteiger partial charge in [-0.3, -0.25) is 9.69 Å². The van der Waals surface area contributed by atoms with Crippen molar-refractivity contribution in [1.82, 2.24) is 4.90 Å². The molecule has 1 aliphatic heterocycles. The fraction of sp³-hybridized carbons (Fsp3) is 0.929. The fourth-order valence-corrected chi connectivity index (χ4v) is 3.41. The maximum Gasteiger partial charge on any atom is 0.131 e. The van der Waals surface area contributed by atoms with Crippen LogP contribution in [0.2, 0.25) is 0 Å². The van der Waals surface area contributed by atoms with Gasteiger partial charge in [0.05, 0.1) is 5.60 Å². The highest BCUT2D eigenvalue weighted by Gasteiger charge is 2.35. The van der Waals surface area contributed by atoms with Gasteiger partial charge in [-0.2, -0.15) is 0 Å². The van der Waals surface area contributed by atoms with Crippen molar-refractivity contribution in [2.24, 2.45) is 0 Å². The number of rotatable bonds is 4. The van der Waals surface area contributed by atoms with E-state index in [0.717, 1.165) is 45.2 Å². The molecule has 1 N–H and O–H groups in total. The number of aliphatic hydroxyl groups is 1. The van der Waals surface area contributed by atoms with E-state index in [1.165, 1.54) is 12.8 Å². The van der Waals surface area contributed by atoms with Crippen LogP contribution in [0.1, 0.15) is 58.3 Å². The number of carbonyl (C=O) groups is 1. The molecule has 1 saturated carbocycles. The number of likely N-dealkylation sites (tertiary alicyclic amines) is 1. The van der Waals surface area contributed by atoms with Gasteiger partial charge in [-0.15, -0.1) is 0 Å². The minimum absolute atomic E-state index is 0.275. The van der Waals surface area contributed by atoms with Crippen LogP contribution in [0.3, 0.4) is 0 Å². The standard InChI is InChI=1S/C14H25NO2/c1-12(16)10-13-6-5-9-15(13)11-14(17)7-3-2-4-8-14/h13,17H,2-11H2,1H3. The first-order valence-electron chi connectivity index (χ1n) is 7.05. The van der Waals surface area contributed by atoms with E-state index in [1.807, 2.05) is 0 Å². The maximum atomic E-state index is 11.2. The lowest BCUT2D eigenvalue weighted by Gasteiger charge is -2.37. The van der Waals surface area contributed by atoms with Gasteiger partial charge < -0.3 is 5.11 Å². The molecule has 0 radical (unpaired) electrons. The number of β-amino-alcohol motifs (C(OH)–C–C–N with tert-alkyl or cyclic N) is 1. The summed E-state index contributed by atoms with van der Waals surface area (Å²) in [7, 11) is 0. The molecule has 1 unspecified atom stereocenters. The number of nitrogens with zero attached hydrogens (tertiary/aromatic N) is 1. The molecule has 0 spiro atoms. The molecule has 0 aromatic carbocycles. The number of Topliss-reactive ketones (excluding diaryl/α,β-unsaturated/α-hetero) is 1. The summed E-state index contributed by atoms with van der Waals surface area (Å²) in [5.41, 5.74) is -0.475. The van der Waals surface area contributed by atoms with Crippen molar-refractivity contribution < 1.29 is 9.90 Å². The summed E-state index contributed by atoms with van der Waals surface area (Å²) in [5.74, 6) is 0.275. The molecule has 17 heavy (non-hydrogen) atoms. The van der Waals surface area contributed by atoms with Crippen LogP contribution in [0, 0.1) is 0 Å². The Hall–Kier alpha value is -0.410. The highest BCUT2D eigenvalue weighted by atomic mass is 16.3. The van der Waals surface area contributed by atoms with Crippen LogP contribution in [-0.4, -0.2) is 40.5 Å². The highest BCUT2D eigenvalue weighted by Crippen LogP contribution is 2.31. The number of hydrogen-bond acceptors (Lipinski definition) is 3. The first-order chi connectivity index (χ1) is 8.09. The van der Waals surface area contributed by atoms with Gasteiger partial charge in [0.1, 0.15) is 5.78 Å². The van der Waals surface area contributed by atoms with Gasteiger partial charge in [-0.25, -0.2) is 0 Å². The smallest absolute Gasteiger partial charge is 0.131 e. The van der Waals surface area contributed by atoms with Gasteiger partial charge in [-0.05, 0) is 39.2 Å². The second-order valence-electron chi connectivity index (χ2n) is 5.96. The van der Waals surface area contributed by atoms with Gasteiger partial charge in [0, 0.05) is 19.0 Å². The van der Waals surface area contributed by atoms with E-state index in [2.05, 4.69) is 4.90 Å². The highest BCUT2D eigenvalue weighted by molar-refractivity contribution is 5.76. The first kappa shape index (κ1) is 13.0.